The zero-order chi connectivity index (χ0) is 44.0. The van der Waals surface area contributed by atoms with Gasteiger partial charge in [0.05, 0.1) is 12.6 Å². The van der Waals surface area contributed by atoms with Crippen LogP contribution in [-0.2, 0) is 57.5 Å². The molecule has 26 heteroatoms. The highest BCUT2D eigenvalue weighted by atomic mass is 16.4. The van der Waals surface area contributed by atoms with E-state index in [4.69, 9.17) is 15.9 Å². The minimum Gasteiger partial charge on any atom is -0.481 e. The molecule has 0 aliphatic heterocycles. The molecule has 0 aromatic heterocycles. The van der Waals surface area contributed by atoms with Crippen molar-refractivity contribution in [2.24, 2.45) is 5.73 Å². The molecule has 0 unspecified atom stereocenters. The van der Waals surface area contributed by atoms with Gasteiger partial charge in [-0.1, -0.05) is 0 Å². The summed E-state index contributed by atoms with van der Waals surface area (Å²) in [7, 11) is 0. The lowest BCUT2D eigenvalue weighted by Gasteiger charge is -2.27. The Hall–Kier alpha value is -6.44. The summed E-state index contributed by atoms with van der Waals surface area (Å²) in [6.45, 7) is 0.242. The summed E-state index contributed by atoms with van der Waals surface area (Å²) >= 11 is 0. The number of hydrogen-bond acceptors (Lipinski definition) is 14. The molecule has 6 amide bonds. The molecule has 0 aromatic carbocycles. The zero-order valence-electron chi connectivity index (χ0n) is 30.4. The second kappa shape index (κ2) is 25.6. The fourth-order valence-corrected chi connectivity index (χ4v) is 4.53. The van der Waals surface area contributed by atoms with Crippen molar-refractivity contribution in [3.05, 3.63) is 0 Å². The van der Waals surface area contributed by atoms with Crippen LogP contribution in [0.1, 0.15) is 71.1 Å². The Labute approximate surface area is 322 Å². The summed E-state index contributed by atoms with van der Waals surface area (Å²) in [5, 5.41) is 77.1. The van der Waals surface area contributed by atoms with Gasteiger partial charge in [-0.05, 0) is 39.0 Å². The van der Waals surface area contributed by atoms with Gasteiger partial charge < -0.3 is 73.4 Å². The Morgan fingerprint density at radius 1 is 0.386 bits per heavy atom. The van der Waals surface area contributed by atoms with Crippen molar-refractivity contribution in [2.45, 2.75) is 113 Å². The predicted octanol–water partition coefficient (Wildman–Crippen LogP) is -5.36. The van der Waals surface area contributed by atoms with E-state index in [0.717, 1.165) is 0 Å². The average Bonchev–Trinajstić information content (AvgIpc) is 3.11. The first kappa shape index (κ1) is 50.6. The lowest BCUT2D eigenvalue weighted by atomic mass is 10.0. The smallest absolute Gasteiger partial charge is 0.326 e. The molecule has 7 atom stereocenters. The Balaban J connectivity index is 6.51. The Kier molecular flexibility index (Phi) is 22.7. The first-order chi connectivity index (χ1) is 26.5. The van der Waals surface area contributed by atoms with Gasteiger partial charge in [0.25, 0.3) is 0 Å². The fraction of sp³-hybridized carbons (Fsp3) is 0.613. The lowest BCUT2D eigenvalue weighted by Crippen LogP contribution is -2.60. The van der Waals surface area contributed by atoms with Crippen molar-refractivity contribution in [3.8, 4) is 0 Å². The van der Waals surface area contributed by atoms with Crippen LogP contribution in [0.2, 0.25) is 0 Å². The molecular formula is C31H47N7O19. The van der Waals surface area contributed by atoms with Gasteiger partial charge in [0.1, 0.15) is 36.3 Å². The van der Waals surface area contributed by atoms with Crippen LogP contribution in [0.3, 0.4) is 0 Å². The highest BCUT2D eigenvalue weighted by molar-refractivity contribution is 5.97. The number of carboxylic acids is 6. The molecule has 0 saturated heterocycles. The summed E-state index contributed by atoms with van der Waals surface area (Å²) in [6, 6.07) is -12.1. The molecular weight excluding hydrogens is 774 g/mol. The van der Waals surface area contributed by atoms with Crippen LogP contribution >= 0.6 is 0 Å². The zero-order valence-corrected chi connectivity index (χ0v) is 30.4. The van der Waals surface area contributed by atoms with E-state index in [1.807, 2.05) is 5.32 Å². The van der Waals surface area contributed by atoms with E-state index in [9.17, 15) is 83.1 Å². The van der Waals surface area contributed by atoms with E-state index in [1.54, 1.807) is 0 Å². The van der Waals surface area contributed by atoms with Gasteiger partial charge in [-0.2, -0.15) is 0 Å². The van der Waals surface area contributed by atoms with Crippen LogP contribution in [0, 0.1) is 0 Å². The van der Waals surface area contributed by atoms with Crippen molar-refractivity contribution >= 4 is 71.3 Å². The molecule has 0 rings (SSSR count). The second-order valence-corrected chi connectivity index (χ2v) is 12.3. The number of carbonyl (C=O) groups is 12. The highest BCUT2D eigenvalue weighted by Crippen LogP contribution is 2.09. The van der Waals surface area contributed by atoms with Gasteiger partial charge in [-0.3, -0.25) is 52.7 Å². The van der Waals surface area contributed by atoms with Gasteiger partial charge >= 0.3 is 35.8 Å². The summed E-state index contributed by atoms with van der Waals surface area (Å²) in [4.78, 5) is 146. The Bertz CT molecular complexity index is 1520. The molecule has 0 bridgehead atoms. The molecule has 0 aromatic rings. The van der Waals surface area contributed by atoms with Crippen molar-refractivity contribution < 1.29 is 93.3 Å². The van der Waals surface area contributed by atoms with Gasteiger partial charge in [0.15, 0.2) is 0 Å². The Morgan fingerprint density at radius 3 is 0.807 bits per heavy atom. The van der Waals surface area contributed by atoms with Crippen LogP contribution < -0.4 is 37.6 Å². The molecule has 57 heavy (non-hydrogen) atoms. The van der Waals surface area contributed by atoms with E-state index in [0.29, 0.717) is 0 Å². The molecule has 320 valence electrons. The maximum Gasteiger partial charge on any atom is 0.326 e. The summed E-state index contributed by atoms with van der Waals surface area (Å²) in [5.74, 6) is -16.4. The number of amides is 6. The Morgan fingerprint density at radius 2 is 0.596 bits per heavy atom. The number of nitrogens with one attached hydrogen (secondary N) is 6. The average molecular weight is 822 g/mol. The predicted molar refractivity (Wildman–Crippen MR) is 184 cm³/mol. The third kappa shape index (κ3) is 21.3. The lowest BCUT2D eigenvalue weighted by molar-refractivity contribution is -0.144. The van der Waals surface area contributed by atoms with E-state index < -0.39 is 184 Å². The van der Waals surface area contributed by atoms with Crippen molar-refractivity contribution in [1.29, 1.82) is 0 Å². The first-order valence-corrected chi connectivity index (χ1v) is 17.0. The van der Waals surface area contributed by atoms with Gasteiger partial charge in [-0.25, -0.2) is 4.79 Å². The van der Waals surface area contributed by atoms with Crippen LogP contribution in [0.4, 0.5) is 0 Å². The van der Waals surface area contributed by atoms with E-state index in [1.165, 1.54) is 6.92 Å². The van der Waals surface area contributed by atoms with Crippen molar-refractivity contribution in [1.82, 2.24) is 31.9 Å². The molecule has 0 heterocycles. The number of rotatable bonds is 29. The minimum absolute atomic E-state index is 0.621. The minimum atomic E-state index is -1.92. The third-order valence-electron chi connectivity index (χ3n) is 7.61. The number of hydrogen-bond donors (Lipinski definition) is 14. The van der Waals surface area contributed by atoms with E-state index in [2.05, 4.69) is 26.6 Å². The van der Waals surface area contributed by atoms with Crippen LogP contribution in [0.25, 0.3) is 0 Å². The first-order valence-electron chi connectivity index (χ1n) is 17.0. The van der Waals surface area contributed by atoms with E-state index in [-0.39, 0.29) is 0 Å². The van der Waals surface area contributed by atoms with Crippen molar-refractivity contribution in [2.75, 3.05) is 6.61 Å². The number of aliphatic hydroxyl groups is 1. The normalized spacial score (nSPS) is 14.4. The number of nitrogens with two attached hydrogens (primary N) is 1. The molecule has 0 radical (unpaired) electrons. The summed E-state index contributed by atoms with van der Waals surface area (Å²) in [6.07, 6.45) is -7.34. The van der Waals surface area contributed by atoms with Crippen LogP contribution in [0.15, 0.2) is 0 Å². The molecule has 26 nitrogen and oxygen atoms in total. The molecule has 0 aliphatic carbocycles. The summed E-state index contributed by atoms with van der Waals surface area (Å²) in [5.41, 5.74) is 5.43. The molecule has 15 N–H and O–H groups in total. The second-order valence-electron chi connectivity index (χ2n) is 12.3. The quantitative estimate of drug-likeness (QED) is 0.0335. The van der Waals surface area contributed by atoms with E-state index >= 15 is 0 Å². The summed E-state index contributed by atoms with van der Waals surface area (Å²) < 4.78 is 0. The maximum atomic E-state index is 13.5. The number of aliphatic hydroxyl groups excluding tert-OH is 1. The molecule has 0 aliphatic rings. The van der Waals surface area contributed by atoms with Crippen LogP contribution in [0.5, 0.6) is 0 Å². The largest absolute Gasteiger partial charge is 0.481 e. The number of carboxylic acid groups (broad SMARTS) is 6. The monoisotopic (exact) mass is 821 g/mol. The van der Waals surface area contributed by atoms with Crippen LogP contribution in [-0.4, -0.2) is 156 Å². The van der Waals surface area contributed by atoms with Crippen molar-refractivity contribution in [3.63, 3.8) is 0 Å². The van der Waals surface area contributed by atoms with Gasteiger partial charge in [0, 0.05) is 32.1 Å². The topological polar surface area (TPSA) is 445 Å². The highest BCUT2D eigenvalue weighted by Gasteiger charge is 2.34. The standard InChI is InChI=1S/C31H47N7O19/c1-13(32)25(50)38-19(12-39)30(55)36-16(4-9-22(44)45)28(53)34-14(2-7-20(40)41)26(51)33-15(3-8-21(42)43)27(52)35-17(5-10-23(46)47)29(54)37-18(31(56)57)6-11-24(48)49/h13-19,39H,2-12,32H2,1H3,(H,33,51)(H,34,53)(H,35,52)(H,36,55)(H,37,54)(H,38,50)(H,40,41)(H,42,43)(H,44,45)(H,46,47)(H,48,49)(H,56,57)/t13-,14-,15-,16-,17-,18-,19-/m0/s1. The fourth-order valence-electron chi connectivity index (χ4n) is 4.53. The third-order valence-corrected chi connectivity index (χ3v) is 7.61. The maximum absolute atomic E-state index is 13.5. The molecule has 0 spiro atoms. The van der Waals surface area contributed by atoms with Gasteiger partial charge in [0.2, 0.25) is 35.4 Å². The van der Waals surface area contributed by atoms with Gasteiger partial charge in [-0.15, -0.1) is 0 Å². The SMILES string of the molecule is C[C@H](N)C(=O)N[C@@H](CO)C(=O)N[C@@H](CCC(=O)O)C(=O)N[C@@H](CCC(=O)O)C(=O)N[C@@H](CCC(=O)O)C(=O)N[C@@H](CCC(=O)O)C(=O)N[C@@H](CCC(=O)O)C(=O)O. The number of carbonyl (C=O) groups excluding carboxylic acids is 6. The molecule has 0 fully saturated rings. The number of aliphatic carboxylic acids is 6. The molecule has 0 saturated carbocycles.